The van der Waals surface area contributed by atoms with Crippen molar-refractivity contribution in [2.45, 2.75) is 44.8 Å². The van der Waals surface area contributed by atoms with Crippen LogP contribution in [0.5, 0.6) is 0 Å². The van der Waals surface area contributed by atoms with Crippen molar-refractivity contribution in [3.63, 3.8) is 0 Å². The van der Waals surface area contributed by atoms with Gasteiger partial charge in [-0.25, -0.2) is 0 Å². The lowest BCUT2D eigenvalue weighted by Crippen LogP contribution is -2.53. The van der Waals surface area contributed by atoms with Gasteiger partial charge >= 0.3 is 0 Å². The van der Waals surface area contributed by atoms with Crippen molar-refractivity contribution in [1.29, 1.82) is 0 Å². The Kier molecular flexibility index (Phi) is 3.42. The molecule has 0 amide bonds. The van der Waals surface area contributed by atoms with Crippen LogP contribution in [0, 0.1) is 17.8 Å². The number of hydrogen-bond acceptors (Lipinski definition) is 3. The first-order valence-electron chi connectivity index (χ1n) is 7.37. The first-order chi connectivity index (χ1) is 8.28. The summed E-state index contributed by atoms with van der Waals surface area (Å²) in [5.74, 6) is 2.65. The van der Waals surface area contributed by atoms with Gasteiger partial charge in [0.2, 0.25) is 0 Å². The van der Waals surface area contributed by atoms with Crippen LogP contribution in [-0.2, 0) is 4.74 Å². The summed E-state index contributed by atoms with van der Waals surface area (Å²) < 4.78 is 5.93. The van der Waals surface area contributed by atoms with Crippen molar-refractivity contribution >= 4 is 0 Å². The Morgan fingerprint density at radius 1 is 1.35 bits per heavy atom. The van der Waals surface area contributed by atoms with Gasteiger partial charge < -0.3 is 10.5 Å². The van der Waals surface area contributed by atoms with Crippen molar-refractivity contribution < 1.29 is 4.74 Å². The van der Waals surface area contributed by atoms with E-state index in [9.17, 15) is 0 Å². The maximum absolute atomic E-state index is 6.51. The molecule has 0 aromatic heterocycles. The van der Waals surface area contributed by atoms with E-state index < -0.39 is 0 Å². The van der Waals surface area contributed by atoms with Crippen LogP contribution in [0.3, 0.4) is 0 Å². The molecule has 1 aliphatic heterocycles. The molecule has 3 rings (SSSR count). The standard InChI is InChI=1S/C14H26N2O/c1-2-16-5-6-17-13(9-16)14(15)12-8-10-3-4-11(12)7-10/h10-14H,2-9,15H2,1H3. The Morgan fingerprint density at radius 2 is 2.24 bits per heavy atom. The lowest BCUT2D eigenvalue weighted by Gasteiger charge is -2.39. The van der Waals surface area contributed by atoms with E-state index in [2.05, 4.69) is 11.8 Å². The summed E-state index contributed by atoms with van der Waals surface area (Å²) in [6.07, 6.45) is 5.99. The lowest BCUT2D eigenvalue weighted by molar-refractivity contribution is -0.0519. The average Bonchev–Trinajstić information content (AvgIpc) is 3.00. The van der Waals surface area contributed by atoms with Crippen LogP contribution >= 0.6 is 0 Å². The molecule has 3 fully saturated rings. The van der Waals surface area contributed by atoms with E-state index in [1.807, 2.05) is 0 Å². The van der Waals surface area contributed by atoms with Gasteiger partial charge in [-0.15, -0.1) is 0 Å². The molecule has 5 atom stereocenters. The molecule has 5 unspecified atom stereocenters. The van der Waals surface area contributed by atoms with E-state index >= 15 is 0 Å². The summed E-state index contributed by atoms with van der Waals surface area (Å²) >= 11 is 0. The van der Waals surface area contributed by atoms with E-state index in [0.717, 1.165) is 44.0 Å². The molecule has 3 nitrogen and oxygen atoms in total. The van der Waals surface area contributed by atoms with Gasteiger partial charge in [0.05, 0.1) is 12.7 Å². The Labute approximate surface area is 105 Å². The predicted octanol–water partition coefficient (Wildman–Crippen LogP) is 1.47. The predicted molar refractivity (Wildman–Crippen MR) is 68.8 cm³/mol. The molecule has 3 heteroatoms. The monoisotopic (exact) mass is 238 g/mol. The molecule has 1 saturated heterocycles. The van der Waals surface area contributed by atoms with Crippen LogP contribution in [0.4, 0.5) is 0 Å². The van der Waals surface area contributed by atoms with E-state index in [0.29, 0.717) is 0 Å². The summed E-state index contributed by atoms with van der Waals surface area (Å²) in [5, 5.41) is 0. The third kappa shape index (κ3) is 2.25. The van der Waals surface area contributed by atoms with Gasteiger partial charge in [-0.3, -0.25) is 4.90 Å². The third-order valence-electron chi connectivity index (χ3n) is 5.34. The maximum Gasteiger partial charge on any atom is 0.0855 e. The number of rotatable bonds is 3. The number of nitrogens with zero attached hydrogens (tertiary/aromatic N) is 1. The number of ether oxygens (including phenoxy) is 1. The Balaban J connectivity index is 1.60. The van der Waals surface area contributed by atoms with Gasteiger partial charge in [0.1, 0.15) is 0 Å². The van der Waals surface area contributed by atoms with E-state index in [-0.39, 0.29) is 12.1 Å². The van der Waals surface area contributed by atoms with Gasteiger partial charge in [0.25, 0.3) is 0 Å². The molecule has 98 valence electrons. The number of fused-ring (bicyclic) bond motifs is 2. The molecule has 1 heterocycles. The second kappa shape index (κ2) is 4.87. The topological polar surface area (TPSA) is 38.5 Å². The summed E-state index contributed by atoms with van der Waals surface area (Å²) in [4.78, 5) is 2.47. The molecule has 2 saturated carbocycles. The smallest absolute Gasteiger partial charge is 0.0855 e. The second-order valence-electron chi connectivity index (χ2n) is 6.22. The van der Waals surface area contributed by atoms with Gasteiger partial charge in [0.15, 0.2) is 0 Å². The van der Waals surface area contributed by atoms with E-state index in [1.165, 1.54) is 25.7 Å². The van der Waals surface area contributed by atoms with Crippen LogP contribution in [0.2, 0.25) is 0 Å². The summed E-state index contributed by atoms with van der Waals surface area (Å²) in [7, 11) is 0. The molecule has 0 aromatic rings. The van der Waals surface area contributed by atoms with E-state index in [1.54, 1.807) is 0 Å². The third-order valence-corrected chi connectivity index (χ3v) is 5.34. The molecule has 2 aliphatic carbocycles. The van der Waals surface area contributed by atoms with Gasteiger partial charge in [-0.2, -0.15) is 0 Å². The van der Waals surface area contributed by atoms with Crippen molar-refractivity contribution in [1.82, 2.24) is 4.90 Å². The Hall–Kier alpha value is -0.120. The normalized spacial score (nSPS) is 44.1. The zero-order valence-electron chi connectivity index (χ0n) is 11.0. The number of nitrogens with two attached hydrogens (primary N) is 1. The van der Waals surface area contributed by atoms with Crippen LogP contribution in [0.25, 0.3) is 0 Å². The highest BCUT2D eigenvalue weighted by molar-refractivity contribution is 4.97. The van der Waals surface area contributed by atoms with Gasteiger partial charge in [-0.1, -0.05) is 13.3 Å². The van der Waals surface area contributed by atoms with E-state index in [4.69, 9.17) is 10.5 Å². The molecule has 17 heavy (non-hydrogen) atoms. The molecule has 0 spiro atoms. The lowest BCUT2D eigenvalue weighted by atomic mass is 9.81. The fourth-order valence-electron chi connectivity index (χ4n) is 4.29. The average molecular weight is 238 g/mol. The minimum atomic E-state index is 0.277. The molecular weight excluding hydrogens is 212 g/mol. The summed E-state index contributed by atoms with van der Waals surface area (Å²) in [6, 6.07) is 0.277. The van der Waals surface area contributed by atoms with Crippen LogP contribution in [-0.4, -0.2) is 43.3 Å². The maximum atomic E-state index is 6.51. The van der Waals surface area contributed by atoms with Gasteiger partial charge in [-0.05, 0) is 43.6 Å². The zero-order valence-corrected chi connectivity index (χ0v) is 11.0. The molecule has 3 aliphatic rings. The molecule has 0 aromatic carbocycles. The van der Waals surface area contributed by atoms with Crippen LogP contribution < -0.4 is 5.73 Å². The number of morpholine rings is 1. The summed E-state index contributed by atoms with van der Waals surface area (Å²) in [5.41, 5.74) is 6.51. The fourth-order valence-corrected chi connectivity index (χ4v) is 4.29. The van der Waals surface area contributed by atoms with Gasteiger partial charge in [0, 0.05) is 19.1 Å². The Bertz CT molecular complexity index is 271. The highest BCUT2D eigenvalue weighted by Crippen LogP contribution is 2.49. The highest BCUT2D eigenvalue weighted by Gasteiger charge is 2.44. The van der Waals surface area contributed by atoms with Crippen molar-refractivity contribution in [3.8, 4) is 0 Å². The SMILES string of the molecule is CCN1CCOC(C(N)C2CC3CCC2C3)C1. The summed E-state index contributed by atoms with van der Waals surface area (Å²) in [6.45, 7) is 6.35. The molecule has 2 bridgehead atoms. The minimum Gasteiger partial charge on any atom is -0.374 e. The second-order valence-corrected chi connectivity index (χ2v) is 6.22. The number of hydrogen-bond donors (Lipinski definition) is 1. The first kappa shape index (κ1) is 11.9. The van der Waals surface area contributed by atoms with Crippen molar-refractivity contribution in [3.05, 3.63) is 0 Å². The van der Waals surface area contributed by atoms with Crippen molar-refractivity contribution in [2.75, 3.05) is 26.2 Å². The molecule has 0 radical (unpaired) electrons. The fraction of sp³-hybridized carbons (Fsp3) is 1.00. The largest absolute Gasteiger partial charge is 0.374 e. The number of likely N-dealkylation sites (N-methyl/N-ethyl adjacent to an activating group) is 1. The molecular formula is C14H26N2O. The van der Waals surface area contributed by atoms with Crippen molar-refractivity contribution in [2.24, 2.45) is 23.5 Å². The quantitative estimate of drug-likeness (QED) is 0.809. The van der Waals surface area contributed by atoms with Crippen LogP contribution in [0.1, 0.15) is 32.6 Å². The Morgan fingerprint density at radius 3 is 2.88 bits per heavy atom. The highest BCUT2D eigenvalue weighted by atomic mass is 16.5. The van der Waals surface area contributed by atoms with Crippen LogP contribution in [0.15, 0.2) is 0 Å². The zero-order chi connectivity index (χ0) is 11.8. The minimum absolute atomic E-state index is 0.277. The molecule has 2 N–H and O–H groups in total. The first-order valence-corrected chi connectivity index (χ1v) is 7.37.